The summed E-state index contributed by atoms with van der Waals surface area (Å²) in [6.45, 7) is 2.32. The van der Waals surface area contributed by atoms with Crippen LogP contribution in [0.25, 0.3) is 5.57 Å². The maximum Gasteiger partial charge on any atom is 0.154 e. The number of rotatable bonds is 5. The second kappa shape index (κ2) is 7.63. The van der Waals surface area contributed by atoms with Gasteiger partial charge in [-0.3, -0.25) is 9.78 Å². The van der Waals surface area contributed by atoms with Crippen molar-refractivity contribution in [2.75, 3.05) is 6.61 Å². The van der Waals surface area contributed by atoms with E-state index in [1.165, 1.54) is 11.1 Å². The molecule has 1 aromatic heterocycles. The van der Waals surface area contributed by atoms with Crippen LogP contribution in [0.4, 0.5) is 0 Å². The molecule has 0 amide bonds. The summed E-state index contributed by atoms with van der Waals surface area (Å²) in [6.07, 6.45) is 8.43. The van der Waals surface area contributed by atoms with E-state index in [0.29, 0.717) is 17.9 Å². The van der Waals surface area contributed by atoms with Crippen molar-refractivity contribution >= 4 is 23.5 Å². The Balaban J connectivity index is 1.88. The number of carbonyl (C=O) groups is 1. The molecule has 2 aromatic rings. The van der Waals surface area contributed by atoms with Crippen LogP contribution in [0.1, 0.15) is 47.2 Å². The van der Waals surface area contributed by atoms with Crippen molar-refractivity contribution in [2.24, 2.45) is 0 Å². The molecular weight excluding hydrogens is 322 g/mol. The highest BCUT2D eigenvalue weighted by atomic mass is 35.5. The minimum atomic E-state index is 0.465. The van der Waals surface area contributed by atoms with E-state index in [4.69, 9.17) is 16.3 Å². The lowest BCUT2D eigenvalue weighted by Gasteiger charge is -2.22. The number of pyridine rings is 1. The summed E-state index contributed by atoms with van der Waals surface area (Å²) in [7, 11) is 0. The van der Waals surface area contributed by atoms with E-state index in [1.807, 2.05) is 25.1 Å². The summed E-state index contributed by atoms with van der Waals surface area (Å²) in [5.74, 6) is 0.543. The molecule has 3 nitrogen and oxygen atoms in total. The first-order valence-electron chi connectivity index (χ1n) is 8.19. The van der Waals surface area contributed by atoms with Crippen LogP contribution >= 0.6 is 11.6 Å². The van der Waals surface area contributed by atoms with Crippen molar-refractivity contribution in [1.29, 1.82) is 0 Å². The van der Waals surface area contributed by atoms with Gasteiger partial charge in [0.1, 0.15) is 12.4 Å². The van der Waals surface area contributed by atoms with Gasteiger partial charge in [-0.15, -0.1) is 0 Å². The molecule has 0 unspecified atom stereocenters. The van der Waals surface area contributed by atoms with Crippen LogP contribution in [-0.2, 0) is 0 Å². The average molecular weight is 342 g/mol. The lowest BCUT2D eigenvalue weighted by atomic mass is 9.87. The number of nitrogens with zero attached hydrogens (tertiary/aromatic N) is 1. The normalized spacial score (nSPS) is 14.6. The number of hydrogen-bond acceptors (Lipinski definition) is 3. The molecule has 0 radical (unpaired) electrons. The van der Waals surface area contributed by atoms with E-state index in [1.54, 1.807) is 12.4 Å². The molecule has 1 heterocycles. The molecule has 0 saturated carbocycles. The number of benzene rings is 1. The third kappa shape index (κ3) is 3.51. The van der Waals surface area contributed by atoms with Crippen LogP contribution in [0.2, 0.25) is 5.02 Å². The summed E-state index contributed by atoms with van der Waals surface area (Å²) in [6, 6.07) is 7.94. The van der Waals surface area contributed by atoms with E-state index >= 15 is 0 Å². The van der Waals surface area contributed by atoms with Crippen LogP contribution in [0.15, 0.2) is 42.2 Å². The monoisotopic (exact) mass is 341 g/mol. The van der Waals surface area contributed by atoms with Gasteiger partial charge in [0.25, 0.3) is 0 Å². The molecular formula is C20H20ClNO2. The van der Waals surface area contributed by atoms with Crippen molar-refractivity contribution in [2.45, 2.75) is 32.6 Å². The Kier molecular flexibility index (Phi) is 5.31. The number of aldehydes is 1. The largest absolute Gasteiger partial charge is 0.487 e. The Morgan fingerprint density at radius 3 is 2.79 bits per heavy atom. The van der Waals surface area contributed by atoms with Gasteiger partial charge in [-0.25, -0.2) is 0 Å². The zero-order valence-corrected chi connectivity index (χ0v) is 14.5. The Morgan fingerprint density at radius 1 is 1.21 bits per heavy atom. The fourth-order valence-electron chi connectivity index (χ4n) is 3.14. The van der Waals surface area contributed by atoms with Crippen LogP contribution in [0.3, 0.4) is 0 Å². The predicted molar refractivity (Wildman–Crippen MR) is 96.7 cm³/mol. The highest BCUT2D eigenvalue weighted by Crippen LogP contribution is 2.36. The minimum Gasteiger partial charge on any atom is -0.487 e. The SMILES string of the molecule is Cc1cncc(OCC2=C(c3ccccc3Cl)CCCC2)c1C=O. The molecule has 124 valence electrons. The van der Waals surface area contributed by atoms with Crippen molar-refractivity contribution in [3.63, 3.8) is 0 Å². The first-order valence-corrected chi connectivity index (χ1v) is 8.57. The predicted octanol–water partition coefficient (Wildman–Crippen LogP) is 5.26. The zero-order chi connectivity index (χ0) is 16.9. The Hall–Kier alpha value is -2.13. The third-order valence-electron chi connectivity index (χ3n) is 4.45. The number of aryl methyl sites for hydroxylation is 1. The number of ether oxygens (including phenoxy) is 1. The molecule has 0 N–H and O–H groups in total. The first kappa shape index (κ1) is 16.7. The lowest BCUT2D eigenvalue weighted by Crippen LogP contribution is -2.10. The van der Waals surface area contributed by atoms with Crippen molar-refractivity contribution in [1.82, 2.24) is 4.98 Å². The van der Waals surface area contributed by atoms with E-state index in [2.05, 4.69) is 11.1 Å². The smallest absolute Gasteiger partial charge is 0.154 e. The maximum atomic E-state index is 11.3. The van der Waals surface area contributed by atoms with Crippen LogP contribution in [0, 0.1) is 6.92 Å². The van der Waals surface area contributed by atoms with Gasteiger partial charge in [0, 0.05) is 11.2 Å². The second-order valence-corrected chi connectivity index (χ2v) is 6.45. The van der Waals surface area contributed by atoms with Crippen LogP contribution in [-0.4, -0.2) is 17.9 Å². The Labute approximate surface area is 147 Å². The molecule has 1 aromatic carbocycles. The lowest BCUT2D eigenvalue weighted by molar-refractivity contribution is 0.111. The fourth-order valence-corrected chi connectivity index (χ4v) is 3.39. The van der Waals surface area contributed by atoms with Gasteiger partial charge < -0.3 is 4.74 Å². The van der Waals surface area contributed by atoms with Gasteiger partial charge in [-0.05, 0) is 60.9 Å². The van der Waals surface area contributed by atoms with Gasteiger partial charge in [-0.2, -0.15) is 0 Å². The molecule has 0 aliphatic heterocycles. The first-order chi connectivity index (χ1) is 11.7. The molecule has 0 bridgehead atoms. The van der Waals surface area contributed by atoms with E-state index < -0.39 is 0 Å². The summed E-state index contributed by atoms with van der Waals surface area (Å²) >= 11 is 6.38. The molecule has 0 saturated heterocycles. The number of carbonyl (C=O) groups excluding carboxylic acids is 1. The molecule has 24 heavy (non-hydrogen) atoms. The molecule has 3 rings (SSSR count). The van der Waals surface area contributed by atoms with Gasteiger partial charge >= 0.3 is 0 Å². The molecule has 0 spiro atoms. The number of allylic oxidation sites excluding steroid dienone is 1. The highest BCUT2D eigenvalue weighted by Gasteiger charge is 2.17. The second-order valence-electron chi connectivity index (χ2n) is 6.04. The maximum absolute atomic E-state index is 11.3. The van der Waals surface area contributed by atoms with Crippen LogP contribution in [0.5, 0.6) is 5.75 Å². The van der Waals surface area contributed by atoms with Gasteiger partial charge in [0.05, 0.1) is 11.8 Å². The third-order valence-corrected chi connectivity index (χ3v) is 4.78. The zero-order valence-electron chi connectivity index (χ0n) is 13.7. The number of halogens is 1. The summed E-state index contributed by atoms with van der Waals surface area (Å²) in [5, 5.41) is 0.776. The fraction of sp³-hybridized carbons (Fsp3) is 0.300. The summed E-state index contributed by atoms with van der Waals surface area (Å²) in [4.78, 5) is 15.4. The highest BCUT2D eigenvalue weighted by molar-refractivity contribution is 6.32. The quantitative estimate of drug-likeness (QED) is 0.696. The summed E-state index contributed by atoms with van der Waals surface area (Å²) in [5.41, 5.74) is 5.02. The van der Waals surface area contributed by atoms with Crippen molar-refractivity contribution in [3.05, 3.63) is 63.9 Å². The molecule has 0 fully saturated rings. The molecule has 1 aliphatic carbocycles. The topological polar surface area (TPSA) is 39.2 Å². The molecule has 0 atom stereocenters. The van der Waals surface area contributed by atoms with Crippen LogP contribution < -0.4 is 4.74 Å². The Bertz CT molecular complexity index is 783. The Morgan fingerprint density at radius 2 is 2.00 bits per heavy atom. The van der Waals surface area contributed by atoms with Gasteiger partial charge in [-0.1, -0.05) is 29.8 Å². The molecule has 1 aliphatic rings. The van der Waals surface area contributed by atoms with Gasteiger partial charge in [0.15, 0.2) is 6.29 Å². The average Bonchev–Trinajstić information content (AvgIpc) is 2.61. The van der Waals surface area contributed by atoms with Gasteiger partial charge in [0.2, 0.25) is 0 Å². The number of aromatic nitrogens is 1. The van der Waals surface area contributed by atoms with Crippen molar-refractivity contribution in [3.8, 4) is 5.75 Å². The van der Waals surface area contributed by atoms with E-state index in [-0.39, 0.29) is 0 Å². The summed E-state index contributed by atoms with van der Waals surface area (Å²) < 4.78 is 5.95. The standard InChI is InChI=1S/C20H20ClNO2/c1-14-10-22-11-20(18(14)12-23)24-13-15-6-2-3-7-16(15)17-8-4-5-9-19(17)21/h4-5,8-12H,2-3,6-7,13H2,1H3. The van der Waals surface area contributed by atoms with Crippen molar-refractivity contribution < 1.29 is 9.53 Å². The number of hydrogen-bond donors (Lipinski definition) is 0. The minimum absolute atomic E-state index is 0.465. The van der Waals surface area contributed by atoms with E-state index in [0.717, 1.165) is 48.1 Å². The van der Waals surface area contributed by atoms with E-state index in [9.17, 15) is 4.79 Å². The molecule has 4 heteroatoms.